The van der Waals surface area contributed by atoms with Gasteiger partial charge in [0, 0.05) is 29.9 Å². The van der Waals surface area contributed by atoms with E-state index in [-0.39, 0.29) is 29.7 Å². The molecule has 2 bridgehead atoms. The predicted octanol–water partition coefficient (Wildman–Crippen LogP) is 5.73. The van der Waals surface area contributed by atoms with Gasteiger partial charge in [0.1, 0.15) is 6.04 Å². The normalized spacial score (nSPS) is 28.1. The molecular formula is C37H55N3O4S. The predicted molar refractivity (Wildman–Crippen MR) is 184 cm³/mol. The number of carbonyl (C=O) groups is 3. The van der Waals surface area contributed by atoms with Crippen LogP contribution in [0.4, 0.5) is 0 Å². The highest BCUT2D eigenvalue weighted by atomic mass is 32.2. The van der Waals surface area contributed by atoms with Gasteiger partial charge < -0.3 is 19.8 Å². The van der Waals surface area contributed by atoms with Crippen molar-refractivity contribution in [2.24, 2.45) is 17.3 Å². The summed E-state index contributed by atoms with van der Waals surface area (Å²) in [7, 11) is 0. The van der Waals surface area contributed by atoms with E-state index in [1.165, 1.54) is 0 Å². The molecule has 4 rings (SSSR count). The van der Waals surface area contributed by atoms with Crippen molar-refractivity contribution in [2.75, 3.05) is 26.2 Å². The second kappa shape index (κ2) is 13.3. The highest BCUT2D eigenvalue weighted by Crippen LogP contribution is 2.72. The number of likely N-dealkylation sites (tertiary alicyclic amines) is 1. The molecule has 45 heavy (non-hydrogen) atoms. The smallest absolute Gasteiger partial charge is 0.247 e. The van der Waals surface area contributed by atoms with Crippen molar-refractivity contribution in [1.29, 1.82) is 0 Å². The number of nitrogens with zero attached hydrogens (tertiary/aromatic N) is 3. The van der Waals surface area contributed by atoms with Gasteiger partial charge in [-0.3, -0.25) is 14.4 Å². The van der Waals surface area contributed by atoms with E-state index in [2.05, 4.69) is 54.7 Å². The Kier molecular flexibility index (Phi) is 10.4. The molecule has 0 radical (unpaired) electrons. The molecule has 2 unspecified atom stereocenters. The number of rotatable bonds is 14. The maximum Gasteiger partial charge on any atom is 0.247 e. The summed E-state index contributed by atoms with van der Waals surface area (Å²) in [6, 6.07) is 8.40. The Morgan fingerprint density at radius 3 is 2.29 bits per heavy atom. The Balaban J connectivity index is 1.87. The number of thioether (sulfide) groups is 1. The molecule has 3 aliphatic rings. The average molecular weight is 638 g/mol. The van der Waals surface area contributed by atoms with Gasteiger partial charge in [-0.05, 0) is 63.9 Å². The number of hydrogen-bond acceptors (Lipinski definition) is 5. The summed E-state index contributed by atoms with van der Waals surface area (Å²) in [5.74, 6) is -1.53. The molecule has 0 aliphatic carbocycles. The number of fused-ring (bicyclic) bond motifs is 1. The topological polar surface area (TPSA) is 81.2 Å². The van der Waals surface area contributed by atoms with E-state index in [1.54, 1.807) is 28.8 Å². The van der Waals surface area contributed by atoms with Crippen LogP contribution in [-0.2, 0) is 20.8 Å². The molecular weight excluding hydrogens is 582 g/mol. The van der Waals surface area contributed by atoms with Gasteiger partial charge in [-0.2, -0.15) is 0 Å². The van der Waals surface area contributed by atoms with Gasteiger partial charge in [-0.1, -0.05) is 70.2 Å². The SMILES string of the molecule is C=CCN(CCC)C(=O)[C@@H]1[C@H]2C(=O)N([C@@H](CO)Cc3ccccc3)C(C(=O)N(CC=C)C(C)(C)CC(C)(C)C)C23CC[C@@]1(C)S3. The molecule has 3 saturated heterocycles. The summed E-state index contributed by atoms with van der Waals surface area (Å²) in [6.07, 6.45) is 6.89. The molecule has 7 nitrogen and oxygen atoms in total. The van der Waals surface area contributed by atoms with Crippen LogP contribution in [0.3, 0.4) is 0 Å². The van der Waals surface area contributed by atoms with E-state index in [0.717, 1.165) is 24.8 Å². The summed E-state index contributed by atoms with van der Waals surface area (Å²) in [5.41, 5.74) is 0.414. The van der Waals surface area contributed by atoms with Crippen molar-refractivity contribution < 1.29 is 19.5 Å². The van der Waals surface area contributed by atoms with Crippen LogP contribution in [0, 0.1) is 17.3 Å². The standard InChI is InChI=1S/C37H55N3O4S/c1-10-20-38(21-11-2)31(42)28-29-32(43)40(27(24-41)23-26-16-14-13-15-17-26)30(37(29)19-18-36(28,9)45-37)33(44)39(22-12-3)35(7,8)25-34(4,5)6/h10,12-17,27-30,41H,1,3,11,18-25H2,2,4-9H3/t27-,28+,29+,30?,36-,37?/m1/s1. The minimum atomic E-state index is -0.807. The third-order valence-electron chi connectivity index (χ3n) is 10.1. The van der Waals surface area contributed by atoms with Gasteiger partial charge in [0.2, 0.25) is 17.7 Å². The number of aliphatic hydroxyl groups is 1. The van der Waals surface area contributed by atoms with Crippen LogP contribution in [0.2, 0.25) is 0 Å². The summed E-state index contributed by atoms with van der Waals surface area (Å²) in [6.45, 7) is 23.8. The van der Waals surface area contributed by atoms with Crippen molar-refractivity contribution in [3.05, 3.63) is 61.2 Å². The monoisotopic (exact) mass is 637 g/mol. The van der Waals surface area contributed by atoms with E-state index in [9.17, 15) is 14.7 Å². The lowest BCUT2D eigenvalue weighted by Crippen LogP contribution is -2.62. The third kappa shape index (κ3) is 6.51. The summed E-state index contributed by atoms with van der Waals surface area (Å²) >= 11 is 1.69. The maximum absolute atomic E-state index is 15.2. The van der Waals surface area contributed by atoms with Crippen molar-refractivity contribution in [2.45, 2.75) is 108 Å². The van der Waals surface area contributed by atoms with E-state index in [4.69, 9.17) is 0 Å². The molecule has 0 saturated carbocycles. The molecule has 1 aromatic carbocycles. The van der Waals surface area contributed by atoms with Gasteiger partial charge in [0.25, 0.3) is 0 Å². The lowest BCUT2D eigenvalue weighted by Gasteiger charge is -2.46. The second-order valence-corrected chi connectivity index (χ2v) is 17.3. The van der Waals surface area contributed by atoms with Crippen molar-refractivity contribution >= 4 is 29.5 Å². The number of aliphatic hydroxyl groups excluding tert-OH is 1. The van der Waals surface area contributed by atoms with Crippen molar-refractivity contribution in [1.82, 2.24) is 14.7 Å². The zero-order chi connectivity index (χ0) is 33.4. The average Bonchev–Trinajstić information content (AvgIpc) is 3.53. The first-order chi connectivity index (χ1) is 21.1. The highest BCUT2D eigenvalue weighted by molar-refractivity contribution is 8.02. The van der Waals surface area contributed by atoms with Crippen LogP contribution >= 0.6 is 11.8 Å². The first-order valence-electron chi connectivity index (χ1n) is 16.6. The van der Waals surface area contributed by atoms with Crippen LogP contribution < -0.4 is 0 Å². The molecule has 6 atom stereocenters. The summed E-state index contributed by atoms with van der Waals surface area (Å²) in [5, 5.41) is 10.9. The van der Waals surface area contributed by atoms with Crippen LogP contribution in [0.1, 0.15) is 79.7 Å². The fourth-order valence-electron chi connectivity index (χ4n) is 8.77. The molecule has 3 aliphatic heterocycles. The molecule has 1 N–H and O–H groups in total. The van der Waals surface area contributed by atoms with E-state index in [1.807, 2.05) is 47.1 Å². The lowest BCUT2D eigenvalue weighted by atomic mass is 9.66. The molecule has 1 spiro atoms. The van der Waals surface area contributed by atoms with Crippen LogP contribution in [-0.4, -0.2) is 90.9 Å². The first-order valence-corrected chi connectivity index (χ1v) is 17.4. The lowest BCUT2D eigenvalue weighted by molar-refractivity contribution is -0.149. The Morgan fingerprint density at radius 2 is 1.73 bits per heavy atom. The van der Waals surface area contributed by atoms with Crippen LogP contribution in [0.25, 0.3) is 0 Å². The summed E-state index contributed by atoms with van der Waals surface area (Å²) < 4.78 is -1.23. The van der Waals surface area contributed by atoms with Gasteiger partial charge in [-0.25, -0.2) is 0 Å². The fraction of sp³-hybridized carbons (Fsp3) is 0.649. The van der Waals surface area contributed by atoms with Gasteiger partial charge in [-0.15, -0.1) is 24.9 Å². The number of hydrogen-bond donors (Lipinski definition) is 1. The number of carbonyl (C=O) groups excluding carboxylic acids is 3. The van der Waals surface area contributed by atoms with Crippen molar-refractivity contribution in [3.8, 4) is 0 Å². The number of benzene rings is 1. The molecule has 248 valence electrons. The molecule has 3 fully saturated rings. The zero-order valence-electron chi connectivity index (χ0n) is 28.6. The Bertz CT molecular complexity index is 1280. The van der Waals surface area contributed by atoms with Gasteiger partial charge in [0.05, 0.1) is 29.2 Å². The minimum absolute atomic E-state index is 0.0284. The summed E-state index contributed by atoms with van der Waals surface area (Å²) in [4.78, 5) is 50.0. The molecule has 1 aromatic rings. The third-order valence-corrected chi connectivity index (χ3v) is 12.0. The first kappa shape index (κ1) is 35.3. The minimum Gasteiger partial charge on any atom is -0.394 e. The van der Waals surface area contributed by atoms with Crippen LogP contribution in [0.15, 0.2) is 55.6 Å². The Hall–Kier alpha value is -2.58. The molecule has 0 aromatic heterocycles. The van der Waals surface area contributed by atoms with E-state index in [0.29, 0.717) is 32.5 Å². The second-order valence-electron chi connectivity index (χ2n) is 15.4. The van der Waals surface area contributed by atoms with Crippen LogP contribution in [0.5, 0.6) is 0 Å². The Morgan fingerprint density at radius 1 is 1.09 bits per heavy atom. The Labute approximate surface area is 275 Å². The van der Waals surface area contributed by atoms with Gasteiger partial charge >= 0.3 is 0 Å². The largest absolute Gasteiger partial charge is 0.394 e. The number of amides is 3. The quantitative estimate of drug-likeness (QED) is 0.264. The molecule has 3 amide bonds. The van der Waals surface area contributed by atoms with Crippen molar-refractivity contribution in [3.63, 3.8) is 0 Å². The highest BCUT2D eigenvalue weighted by Gasteiger charge is 2.78. The van der Waals surface area contributed by atoms with E-state index < -0.39 is 39.0 Å². The van der Waals surface area contributed by atoms with Gasteiger partial charge in [0.15, 0.2) is 0 Å². The zero-order valence-corrected chi connectivity index (χ0v) is 29.4. The fourth-order valence-corrected chi connectivity index (χ4v) is 11.1. The maximum atomic E-state index is 15.2. The molecule has 8 heteroatoms. The van der Waals surface area contributed by atoms with E-state index >= 15 is 4.79 Å². The molecule has 3 heterocycles.